The van der Waals surface area contributed by atoms with E-state index in [9.17, 15) is 4.39 Å². The van der Waals surface area contributed by atoms with Crippen molar-refractivity contribution in [3.05, 3.63) is 50.9 Å². The molecule has 2 aromatic rings. The fraction of sp³-hybridized carbons (Fsp3) is 0.0833. The van der Waals surface area contributed by atoms with Crippen LogP contribution < -0.4 is 10.5 Å². The van der Waals surface area contributed by atoms with Crippen LogP contribution in [0.25, 0.3) is 0 Å². The first kappa shape index (κ1) is 13.3. The quantitative estimate of drug-likeness (QED) is 0.827. The molecule has 0 fully saturated rings. The van der Waals surface area contributed by atoms with Gasteiger partial charge in [0.15, 0.2) is 5.75 Å². The van der Waals surface area contributed by atoms with Gasteiger partial charge in [0.25, 0.3) is 0 Å². The maximum atomic E-state index is 13.0. The van der Waals surface area contributed by atoms with Crippen LogP contribution in [0.15, 0.2) is 39.4 Å². The van der Waals surface area contributed by atoms with Crippen LogP contribution in [0.2, 0.25) is 0 Å². The molecule has 2 rings (SSSR count). The molecule has 3 nitrogen and oxygen atoms in total. The Bertz CT molecular complexity index is 537. The largest absolute Gasteiger partial charge is 0.484 e. The summed E-state index contributed by atoms with van der Waals surface area (Å²) in [5.41, 5.74) is 6.69. The van der Waals surface area contributed by atoms with E-state index in [1.54, 1.807) is 6.20 Å². The lowest BCUT2D eigenvalue weighted by molar-refractivity contribution is 0.300. The predicted molar refractivity (Wildman–Crippen MR) is 74.8 cm³/mol. The Morgan fingerprint density at radius 3 is 2.67 bits per heavy atom. The molecular formula is C12H9Br2FN2O. The number of nitrogen functional groups attached to an aromatic ring is 1. The lowest BCUT2D eigenvalue weighted by Crippen LogP contribution is -2.01. The zero-order valence-corrected chi connectivity index (χ0v) is 12.3. The van der Waals surface area contributed by atoms with Gasteiger partial charge in [0.2, 0.25) is 0 Å². The lowest BCUT2D eigenvalue weighted by atomic mass is 10.3. The number of pyridine rings is 1. The van der Waals surface area contributed by atoms with Crippen molar-refractivity contribution >= 4 is 37.5 Å². The van der Waals surface area contributed by atoms with Crippen LogP contribution in [0, 0.1) is 5.82 Å². The molecule has 0 saturated carbocycles. The number of rotatable bonds is 3. The highest BCUT2D eigenvalue weighted by molar-refractivity contribution is 9.10. The zero-order valence-electron chi connectivity index (χ0n) is 9.16. The van der Waals surface area contributed by atoms with Crippen molar-refractivity contribution in [2.75, 3.05) is 5.73 Å². The highest BCUT2D eigenvalue weighted by Crippen LogP contribution is 2.32. The number of nitrogens with two attached hydrogens (primary N) is 1. The Hall–Kier alpha value is -1.14. The molecule has 0 amide bonds. The van der Waals surface area contributed by atoms with Gasteiger partial charge >= 0.3 is 0 Å². The Kier molecular flexibility index (Phi) is 4.19. The third-order valence-electron chi connectivity index (χ3n) is 2.19. The van der Waals surface area contributed by atoms with E-state index in [0.29, 0.717) is 10.2 Å². The van der Waals surface area contributed by atoms with Crippen LogP contribution in [0.1, 0.15) is 5.69 Å². The van der Waals surface area contributed by atoms with E-state index >= 15 is 0 Å². The molecule has 0 aliphatic carbocycles. The van der Waals surface area contributed by atoms with Gasteiger partial charge in [-0.1, -0.05) is 0 Å². The standard InChI is InChI=1S/C12H9Br2FN2O/c13-7-1-2-9(17-5-7)6-18-12-10(14)3-8(15)4-11(12)16/h1-5H,6,16H2. The minimum absolute atomic E-state index is 0.249. The van der Waals surface area contributed by atoms with Gasteiger partial charge in [0, 0.05) is 16.7 Å². The zero-order chi connectivity index (χ0) is 13.1. The van der Waals surface area contributed by atoms with Crippen molar-refractivity contribution in [3.63, 3.8) is 0 Å². The monoisotopic (exact) mass is 374 g/mol. The number of anilines is 1. The number of nitrogens with zero attached hydrogens (tertiary/aromatic N) is 1. The molecule has 0 unspecified atom stereocenters. The first-order chi connectivity index (χ1) is 8.56. The summed E-state index contributed by atoms with van der Waals surface area (Å²) in [7, 11) is 0. The first-order valence-electron chi connectivity index (χ1n) is 5.04. The topological polar surface area (TPSA) is 48.1 Å². The van der Waals surface area contributed by atoms with Gasteiger partial charge in [0.05, 0.1) is 15.9 Å². The van der Waals surface area contributed by atoms with Crippen LogP contribution in [-0.4, -0.2) is 4.98 Å². The molecule has 94 valence electrons. The van der Waals surface area contributed by atoms with E-state index in [1.165, 1.54) is 12.1 Å². The molecule has 2 N–H and O–H groups in total. The normalized spacial score (nSPS) is 10.4. The summed E-state index contributed by atoms with van der Waals surface area (Å²) in [6.07, 6.45) is 1.68. The third kappa shape index (κ3) is 3.20. The number of halogens is 3. The first-order valence-corrected chi connectivity index (χ1v) is 6.62. The highest BCUT2D eigenvalue weighted by Gasteiger charge is 2.09. The Balaban J connectivity index is 2.13. The number of hydrogen-bond donors (Lipinski definition) is 1. The van der Waals surface area contributed by atoms with Crippen LogP contribution >= 0.6 is 31.9 Å². The van der Waals surface area contributed by atoms with Gasteiger partial charge in [-0.05, 0) is 50.1 Å². The van der Waals surface area contributed by atoms with E-state index in [4.69, 9.17) is 10.5 Å². The smallest absolute Gasteiger partial charge is 0.157 e. The summed E-state index contributed by atoms with van der Waals surface area (Å²) >= 11 is 6.51. The van der Waals surface area contributed by atoms with Crippen molar-refractivity contribution in [3.8, 4) is 5.75 Å². The summed E-state index contributed by atoms with van der Waals surface area (Å²) in [6, 6.07) is 6.22. The molecule has 0 saturated heterocycles. The fourth-order valence-electron chi connectivity index (χ4n) is 1.37. The van der Waals surface area contributed by atoms with Gasteiger partial charge in [-0.2, -0.15) is 0 Å². The molecule has 0 aliphatic heterocycles. The van der Waals surface area contributed by atoms with Crippen molar-refractivity contribution in [1.82, 2.24) is 4.98 Å². The van der Waals surface area contributed by atoms with Crippen LogP contribution in [-0.2, 0) is 6.61 Å². The van der Waals surface area contributed by atoms with Crippen LogP contribution in [0.4, 0.5) is 10.1 Å². The molecule has 1 heterocycles. The number of benzene rings is 1. The Morgan fingerprint density at radius 1 is 1.28 bits per heavy atom. The summed E-state index contributed by atoms with van der Waals surface area (Å²) in [5, 5.41) is 0. The van der Waals surface area contributed by atoms with Crippen molar-refractivity contribution in [2.24, 2.45) is 0 Å². The maximum absolute atomic E-state index is 13.0. The Morgan fingerprint density at radius 2 is 2.06 bits per heavy atom. The van der Waals surface area contributed by atoms with Crippen LogP contribution in [0.3, 0.4) is 0 Å². The predicted octanol–water partition coefficient (Wildman–Crippen LogP) is 3.91. The molecular weight excluding hydrogens is 367 g/mol. The van der Waals surface area contributed by atoms with E-state index in [1.807, 2.05) is 12.1 Å². The van der Waals surface area contributed by atoms with E-state index in [2.05, 4.69) is 36.8 Å². The summed E-state index contributed by atoms with van der Waals surface area (Å²) in [5.74, 6) is 0.00890. The second kappa shape index (κ2) is 5.67. The van der Waals surface area contributed by atoms with Crippen LogP contribution in [0.5, 0.6) is 5.75 Å². The molecule has 1 aromatic carbocycles. The van der Waals surface area contributed by atoms with Gasteiger partial charge in [-0.25, -0.2) is 4.39 Å². The molecule has 0 spiro atoms. The highest BCUT2D eigenvalue weighted by atomic mass is 79.9. The van der Waals surface area contributed by atoms with E-state index in [0.717, 1.165) is 10.2 Å². The average molecular weight is 376 g/mol. The fourth-order valence-corrected chi connectivity index (χ4v) is 2.17. The SMILES string of the molecule is Nc1cc(F)cc(Br)c1OCc1ccc(Br)cn1. The van der Waals surface area contributed by atoms with E-state index in [-0.39, 0.29) is 12.3 Å². The molecule has 0 atom stereocenters. The number of aromatic nitrogens is 1. The summed E-state index contributed by atoms with van der Waals surface area (Å²) < 4.78 is 19.9. The number of hydrogen-bond acceptors (Lipinski definition) is 3. The van der Waals surface area contributed by atoms with Gasteiger partial charge in [0.1, 0.15) is 12.4 Å². The second-order valence-electron chi connectivity index (χ2n) is 3.56. The number of ether oxygens (including phenoxy) is 1. The summed E-state index contributed by atoms with van der Waals surface area (Å²) in [4.78, 5) is 4.17. The molecule has 0 bridgehead atoms. The molecule has 1 aromatic heterocycles. The maximum Gasteiger partial charge on any atom is 0.157 e. The average Bonchev–Trinajstić information content (AvgIpc) is 2.30. The molecule has 0 radical (unpaired) electrons. The van der Waals surface area contributed by atoms with Crippen molar-refractivity contribution in [1.29, 1.82) is 0 Å². The van der Waals surface area contributed by atoms with E-state index < -0.39 is 5.82 Å². The second-order valence-corrected chi connectivity index (χ2v) is 5.33. The third-order valence-corrected chi connectivity index (χ3v) is 3.25. The molecule has 18 heavy (non-hydrogen) atoms. The minimum atomic E-state index is -0.409. The molecule has 0 aliphatic rings. The van der Waals surface area contributed by atoms with Crippen molar-refractivity contribution in [2.45, 2.75) is 6.61 Å². The van der Waals surface area contributed by atoms with Gasteiger partial charge < -0.3 is 10.5 Å². The van der Waals surface area contributed by atoms with Gasteiger partial charge in [-0.15, -0.1) is 0 Å². The van der Waals surface area contributed by atoms with Gasteiger partial charge in [-0.3, -0.25) is 4.98 Å². The summed E-state index contributed by atoms with van der Waals surface area (Å²) in [6.45, 7) is 0.266. The van der Waals surface area contributed by atoms with Crippen molar-refractivity contribution < 1.29 is 9.13 Å². The lowest BCUT2D eigenvalue weighted by Gasteiger charge is -2.10. The Labute approximate surface area is 120 Å². The minimum Gasteiger partial charge on any atom is -0.484 e. The molecule has 6 heteroatoms.